The van der Waals surface area contributed by atoms with Gasteiger partial charge in [0.2, 0.25) is 6.04 Å². The summed E-state index contributed by atoms with van der Waals surface area (Å²) in [5.41, 5.74) is 3.58. The van der Waals surface area contributed by atoms with Crippen LogP contribution in [0.25, 0.3) is 0 Å². The molecular weight excluding hydrogens is 280 g/mol. The number of benzene rings is 2. The fraction of sp³-hybridized carbons (Fsp3) is 0.118. The van der Waals surface area contributed by atoms with Gasteiger partial charge < -0.3 is 10.4 Å². The Balaban J connectivity index is 2.25. The number of nitrogens with one attached hydrogen (secondary N) is 1. The maximum absolute atomic E-state index is 12.1. The van der Waals surface area contributed by atoms with E-state index in [0.29, 0.717) is 11.4 Å². The Morgan fingerprint density at radius 2 is 1.91 bits per heavy atom. The van der Waals surface area contributed by atoms with Crippen molar-refractivity contribution in [3.05, 3.63) is 65.2 Å². The summed E-state index contributed by atoms with van der Waals surface area (Å²) in [6.07, 6.45) is 0. The highest BCUT2D eigenvalue weighted by Gasteiger charge is 2.30. The number of amides is 1. The highest BCUT2D eigenvalue weighted by molar-refractivity contribution is 6.22. The minimum absolute atomic E-state index is 0.505. The molecule has 1 amide bonds. The van der Waals surface area contributed by atoms with Gasteiger partial charge in [0.15, 0.2) is 0 Å². The monoisotopic (exact) mass is 294 g/mol. The molecule has 5 nitrogen and oxygen atoms in total. The Bertz CT molecular complexity index is 782. The van der Waals surface area contributed by atoms with Crippen molar-refractivity contribution in [1.29, 1.82) is 0 Å². The molecule has 3 rings (SSSR count). The van der Waals surface area contributed by atoms with Gasteiger partial charge in [-0.1, -0.05) is 42.0 Å². The number of carboxylic acid groups (broad SMARTS) is 1. The molecule has 2 aromatic rings. The number of anilines is 1. The van der Waals surface area contributed by atoms with Crippen LogP contribution in [0.1, 0.15) is 16.7 Å². The van der Waals surface area contributed by atoms with E-state index < -0.39 is 17.9 Å². The molecule has 110 valence electrons. The van der Waals surface area contributed by atoms with Crippen LogP contribution in [0.3, 0.4) is 0 Å². The molecule has 0 aliphatic carbocycles. The molecule has 1 aliphatic heterocycles. The van der Waals surface area contributed by atoms with E-state index in [2.05, 4.69) is 10.3 Å². The van der Waals surface area contributed by atoms with E-state index in [1.165, 1.54) is 0 Å². The number of benzodiazepines with no additional fused rings is 1. The summed E-state index contributed by atoms with van der Waals surface area (Å²) in [4.78, 5) is 27.6. The first kappa shape index (κ1) is 14.0. The first-order valence-electron chi connectivity index (χ1n) is 6.84. The average Bonchev–Trinajstić information content (AvgIpc) is 2.64. The molecular formula is C17H14N2O3. The highest BCUT2D eigenvalue weighted by atomic mass is 16.4. The molecule has 0 saturated carbocycles. The van der Waals surface area contributed by atoms with Crippen LogP contribution in [0.2, 0.25) is 0 Å². The van der Waals surface area contributed by atoms with Crippen LogP contribution in [-0.4, -0.2) is 28.7 Å². The number of hydrogen-bond acceptors (Lipinski definition) is 3. The molecule has 0 fully saturated rings. The number of carbonyl (C=O) groups excluding carboxylic acids is 1. The van der Waals surface area contributed by atoms with Gasteiger partial charge in [0.25, 0.3) is 5.91 Å². The largest absolute Gasteiger partial charge is 0.479 e. The van der Waals surface area contributed by atoms with E-state index in [0.717, 1.165) is 16.7 Å². The molecule has 2 N–H and O–H groups in total. The van der Waals surface area contributed by atoms with E-state index in [4.69, 9.17) is 0 Å². The molecule has 2 aromatic carbocycles. The van der Waals surface area contributed by atoms with Crippen molar-refractivity contribution in [2.75, 3.05) is 5.32 Å². The third kappa shape index (κ3) is 2.48. The number of carboxylic acids is 1. The second kappa shape index (κ2) is 5.44. The summed E-state index contributed by atoms with van der Waals surface area (Å²) >= 11 is 0. The molecule has 0 spiro atoms. The predicted molar refractivity (Wildman–Crippen MR) is 83.3 cm³/mol. The first-order valence-corrected chi connectivity index (χ1v) is 6.84. The quantitative estimate of drug-likeness (QED) is 0.834. The van der Waals surface area contributed by atoms with E-state index in [1.54, 1.807) is 6.07 Å². The molecule has 1 atom stereocenters. The van der Waals surface area contributed by atoms with Crippen molar-refractivity contribution in [2.24, 2.45) is 4.99 Å². The summed E-state index contributed by atoms with van der Waals surface area (Å²) in [5.74, 6) is -1.90. The third-order valence-corrected chi connectivity index (χ3v) is 3.48. The van der Waals surface area contributed by atoms with Crippen molar-refractivity contribution in [3.8, 4) is 0 Å². The van der Waals surface area contributed by atoms with Crippen molar-refractivity contribution in [1.82, 2.24) is 0 Å². The van der Waals surface area contributed by atoms with E-state index in [9.17, 15) is 14.7 Å². The maximum atomic E-state index is 12.1. The second-order valence-corrected chi connectivity index (χ2v) is 5.12. The lowest BCUT2D eigenvalue weighted by Crippen LogP contribution is -2.32. The van der Waals surface area contributed by atoms with Crippen LogP contribution in [0, 0.1) is 6.92 Å². The number of hydrogen-bond donors (Lipinski definition) is 2. The molecule has 5 heteroatoms. The van der Waals surface area contributed by atoms with Gasteiger partial charge in [0.1, 0.15) is 0 Å². The Morgan fingerprint density at radius 3 is 2.59 bits per heavy atom. The lowest BCUT2D eigenvalue weighted by atomic mass is 9.99. The molecule has 0 aromatic heterocycles. The van der Waals surface area contributed by atoms with Gasteiger partial charge in [0, 0.05) is 11.1 Å². The lowest BCUT2D eigenvalue weighted by molar-refractivity contribution is -0.141. The number of rotatable bonds is 2. The SMILES string of the molecule is Cc1ccc2c(c1)C(c1ccccc1)=NC(C(=O)O)C(=O)N2. The zero-order valence-electron chi connectivity index (χ0n) is 11.9. The first-order chi connectivity index (χ1) is 10.6. The van der Waals surface area contributed by atoms with Crippen LogP contribution in [0.4, 0.5) is 5.69 Å². The van der Waals surface area contributed by atoms with Gasteiger partial charge >= 0.3 is 5.97 Å². The summed E-state index contributed by atoms with van der Waals surface area (Å²) in [6.45, 7) is 1.93. The maximum Gasteiger partial charge on any atom is 0.338 e. The van der Waals surface area contributed by atoms with Crippen molar-refractivity contribution < 1.29 is 14.7 Å². The number of nitrogens with zero attached hydrogens (tertiary/aromatic N) is 1. The van der Waals surface area contributed by atoms with Gasteiger partial charge in [0.05, 0.1) is 11.4 Å². The molecule has 1 heterocycles. The Labute approximate surface area is 127 Å². The number of aliphatic carboxylic acids is 1. The Kier molecular flexibility index (Phi) is 3.47. The van der Waals surface area contributed by atoms with Crippen molar-refractivity contribution >= 4 is 23.3 Å². The summed E-state index contributed by atoms with van der Waals surface area (Å²) in [6, 6.07) is 13.3. The fourth-order valence-electron chi connectivity index (χ4n) is 2.41. The normalized spacial score (nSPS) is 17.0. The zero-order valence-corrected chi connectivity index (χ0v) is 11.9. The van der Waals surface area contributed by atoms with E-state index >= 15 is 0 Å². The molecule has 1 unspecified atom stereocenters. The standard InChI is InChI=1S/C17H14N2O3/c1-10-7-8-13-12(9-10)14(11-5-3-2-4-6-11)19-15(17(21)22)16(20)18-13/h2-9,15H,1H3,(H,18,20)(H,21,22). The van der Waals surface area contributed by atoms with Gasteiger partial charge in [-0.05, 0) is 19.1 Å². The van der Waals surface area contributed by atoms with Gasteiger partial charge in [-0.15, -0.1) is 0 Å². The van der Waals surface area contributed by atoms with Gasteiger partial charge in [-0.3, -0.25) is 9.79 Å². The van der Waals surface area contributed by atoms with Crippen molar-refractivity contribution in [2.45, 2.75) is 13.0 Å². The number of aryl methyl sites for hydroxylation is 1. The highest BCUT2D eigenvalue weighted by Crippen LogP contribution is 2.25. The fourth-order valence-corrected chi connectivity index (χ4v) is 2.41. The Hall–Kier alpha value is -2.95. The summed E-state index contributed by atoms with van der Waals surface area (Å²) in [7, 11) is 0. The minimum Gasteiger partial charge on any atom is -0.479 e. The van der Waals surface area contributed by atoms with Gasteiger partial charge in [-0.2, -0.15) is 0 Å². The van der Waals surface area contributed by atoms with Crippen LogP contribution in [0.5, 0.6) is 0 Å². The van der Waals surface area contributed by atoms with Gasteiger partial charge in [-0.25, -0.2) is 4.79 Å². The Morgan fingerprint density at radius 1 is 1.18 bits per heavy atom. The smallest absolute Gasteiger partial charge is 0.338 e. The van der Waals surface area contributed by atoms with E-state index in [-0.39, 0.29) is 0 Å². The predicted octanol–water partition coefficient (Wildman–Crippen LogP) is 2.24. The molecule has 1 aliphatic rings. The molecule has 0 radical (unpaired) electrons. The number of carbonyl (C=O) groups is 2. The van der Waals surface area contributed by atoms with Crippen LogP contribution in [0.15, 0.2) is 53.5 Å². The van der Waals surface area contributed by atoms with Crippen LogP contribution < -0.4 is 5.32 Å². The number of fused-ring (bicyclic) bond motifs is 1. The van der Waals surface area contributed by atoms with Crippen molar-refractivity contribution in [3.63, 3.8) is 0 Å². The molecule has 0 saturated heterocycles. The minimum atomic E-state index is -1.46. The average molecular weight is 294 g/mol. The topological polar surface area (TPSA) is 78.8 Å². The third-order valence-electron chi connectivity index (χ3n) is 3.48. The second-order valence-electron chi connectivity index (χ2n) is 5.12. The zero-order chi connectivity index (χ0) is 15.7. The van der Waals surface area contributed by atoms with Crippen LogP contribution in [-0.2, 0) is 9.59 Å². The molecule has 0 bridgehead atoms. The van der Waals surface area contributed by atoms with Crippen LogP contribution >= 0.6 is 0 Å². The lowest BCUT2D eigenvalue weighted by Gasteiger charge is -2.10. The molecule has 22 heavy (non-hydrogen) atoms. The summed E-state index contributed by atoms with van der Waals surface area (Å²) in [5, 5.41) is 11.9. The summed E-state index contributed by atoms with van der Waals surface area (Å²) < 4.78 is 0. The number of aliphatic imine (C=N–C) groups is 1. The van der Waals surface area contributed by atoms with E-state index in [1.807, 2.05) is 49.4 Å².